The van der Waals surface area contributed by atoms with Crippen LogP contribution in [0.1, 0.15) is 17.2 Å². The second-order valence-corrected chi connectivity index (χ2v) is 7.74. The topological polar surface area (TPSA) is 76.9 Å². The van der Waals surface area contributed by atoms with Crippen molar-refractivity contribution in [1.29, 1.82) is 0 Å². The van der Waals surface area contributed by atoms with E-state index in [4.69, 9.17) is 11.6 Å². The Balaban J connectivity index is 1.81. The third kappa shape index (κ3) is 5.12. The molecule has 3 aromatic rings. The van der Waals surface area contributed by atoms with E-state index in [2.05, 4.69) is 14.9 Å². The van der Waals surface area contributed by atoms with Crippen LogP contribution in [0.5, 0.6) is 0 Å². The smallest absolute Gasteiger partial charge is 0.212 e. The normalized spacial score (nSPS) is 12.8. The first-order valence-electron chi connectivity index (χ1n) is 7.65. The summed E-state index contributed by atoms with van der Waals surface area (Å²) in [5, 5.41) is 8.63. The lowest BCUT2D eigenvalue weighted by Gasteiger charge is -2.19. The molecule has 1 unspecified atom stereocenters. The maximum atomic E-state index is 12.6. The van der Waals surface area contributed by atoms with Gasteiger partial charge in [0.2, 0.25) is 10.0 Å². The first kappa shape index (κ1) is 17.6. The van der Waals surface area contributed by atoms with Gasteiger partial charge in [0.1, 0.15) is 0 Å². The van der Waals surface area contributed by atoms with Gasteiger partial charge in [0.15, 0.2) is 0 Å². The van der Waals surface area contributed by atoms with Crippen LogP contribution >= 0.6 is 11.6 Å². The summed E-state index contributed by atoms with van der Waals surface area (Å²) in [6.45, 7) is 0.297. The van der Waals surface area contributed by atoms with E-state index < -0.39 is 16.1 Å². The minimum Gasteiger partial charge on any atom is -0.212 e. The number of nitrogens with zero attached hydrogens (tertiary/aromatic N) is 3. The number of hydrogen-bond acceptors (Lipinski definition) is 4. The molecular weight excluding hydrogens is 360 g/mol. The van der Waals surface area contributed by atoms with Gasteiger partial charge in [-0.1, -0.05) is 54.1 Å². The number of halogens is 1. The number of sulfonamides is 1. The molecule has 8 heteroatoms. The van der Waals surface area contributed by atoms with Crippen LogP contribution in [-0.2, 0) is 22.3 Å². The molecule has 0 amide bonds. The van der Waals surface area contributed by atoms with Gasteiger partial charge in [-0.3, -0.25) is 0 Å². The van der Waals surface area contributed by atoms with Gasteiger partial charge in [-0.2, -0.15) is 15.0 Å². The molecular formula is C17H17ClN4O2S. The predicted molar refractivity (Wildman–Crippen MR) is 96.4 cm³/mol. The fourth-order valence-corrected chi connectivity index (χ4v) is 4.06. The Morgan fingerprint density at radius 1 is 1.04 bits per heavy atom. The molecule has 0 aliphatic rings. The monoisotopic (exact) mass is 376 g/mol. The standard InChI is InChI=1S/C17H17ClN4O2S/c18-16-8-4-5-14(11-16)13-25(23,24)21-17(12-22-19-9-10-20-22)15-6-2-1-3-7-15/h1-11,17,21H,12-13H2. The van der Waals surface area contributed by atoms with Gasteiger partial charge in [-0.05, 0) is 23.3 Å². The number of aromatic nitrogens is 3. The Labute approximate surface area is 151 Å². The Hall–Kier alpha value is -2.22. The van der Waals surface area contributed by atoms with Gasteiger partial charge >= 0.3 is 0 Å². The summed E-state index contributed by atoms with van der Waals surface area (Å²) in [5.74, 6) is -0.149. The van der Waals surface area contributed by atoms with Crippen molar-refractivity contribution >= 4 is 21.6 Å². The fraction of sp³-hybridized carbons (Fsp3) is 0.176. The molecule has 1 aromatic heterocycles. The van der Waals surface area contributed by atoms with E-state index >= 15 is 0 Å². The summed E-state index contributed by atoms with van der Waals surface area (Å²) in [7, 11) is -3.58. The van der Waals surface area contributed by atoms with Gasteiger partial charge in [0.25, 0.3) is 0 Å². The lowest BCUT2D eigenvalue weighted by molar-refractivity contribution is 0.444. The van der Waals surface area contributed by atoms with Crippen LogP contribution in [0.15, 0.2) is 67.0 Å². The third-order valence-electron chi connectivity index (χ3n) is 3.58. The molecule has 6 nitrogen and oxygen atoms in total. The highest BCUT2D eigenvalue weighted by Gasteiger charge is 2.21. The van der Waals surface area contributed by atoms with Gasteiger partial charge in [0, 0.05) is 5.02 Å². The summed E-state index contributed by atoms with van der Waals surface area (Å²) in [5.41, 5.74) is 1.47. The zero-order valence-electron chi connectivity index (χ0n) is 13.3. The lowest BCUT2D eigenvalue weighted by Crippen LogP contribution is -2.33. The highest BCUT2D eigenvalue weighted by atomic mass is 35.5. The van der Waals surface area contributed by atoms with Crippen molar-refractivity contribution in [2.24, 2.45) is 0 Å². The van der Waals surface area contributed by atoms with Gasteiger partial charge < -0.3 is 0 Å². The van der Waals surface area contributed by atoms with E-state index in [0.29, 0.717) is 17.1 Å². The molecule has 1 N–H and O–H groups in total. The molecule has 0 radical (unpaired) electrons. The molecule has 1 atom stereocenters. The Kier molecular flexibility index (Phi) is 5.47. The molecule has 0 aliphatic carbocycles. The second-order valence-electron chi connectivity index (χ2n) is 5.55. The van der Waals surface area contributed by atoms with Gasteiger partial charge in [-0.25, -0.2) is 13.1 Å². The first-order chi connectivity index (χ1) is 12.0. The van der Waals surface area contributed by atoms with E-state index in [1.807, 2.05) is 30.3 Å². The number of rotatable bonds is 7. The summed E-state index contributed by atoms with van der Waals surface area (Å²) < 4.78 is 28.0. The van der Waals surface area contributed by atoms with Crippen molar-refractivity contribution in [3.8, 4) is 0 Å². The molecule has 0 saturated heterocycles. The van der Waals surface area contributed by atoms with Crippen molar-refractivity contribution in [3.63, 3.8) is 0 Å². The summed E-state index contributed by atoms with van der Waals surface area (Å²) in [6, 6.07) is 15.7. The number of nitrogens with one attached hydrogen (secondary N) is 1. The highest BCUT2D eigenvalue weighted by Crippen LogP contribution is 2.18. The highest BCUT2D eigenvalue weighted by molar-refractivity contribution is 7.88. The minimum atomic E-state index is -3.58. The average Bonchev–Trinajstić information content (AvgIpc) is 3.07. The molecule has 2 aromatic carbocycles. The van der Waals surface area contributed by atoms with Crippen LogP contribution in [-0.4, -0.2) is 23.4 Å². The molecule has 0 aliphatic heterocycles. The van der Waals surface area contributed by atoms with Gasteiger partial charge in [0.05, 0.1) is 30.7 Å². The number of hydrogen-bond donors (Lipinski definition) is 1. The largest absolute Gasteiger partial charge is 0.216 e. The first-order valence-corrected chi connectivity index (χ1v) is 9.68. The zero-order chi connectivity index (χ0) is 17.7. The third-order valence-corrected chi connectivity index (χ3v) is 5.17. The number of benzene rings is 2. The van der Waals surface area contributed by atoms with Crippen LogP contribution in [0.2, 0.25) is 5.02 Å². The Morgan fingerprint density at radius 3 is 2.44 bits per heavy atom. The Bertz CT molecular complexity index is 915. The molecule has 3 rings (SSSR count). The maximum absolute atomic E-state index is 12.6. The van der Waals surface area contributed by atoms with Crippen molar-refractivity contribution < 1.29 is 8.42 Å². The average molecular weight is 377 g/mol. The molecule has 130 valence electrons. The fourth-order valence-electron chi connectivity index (χ4n) is 2.50. The summed E-state index contributed by atoms with van der Waals surface area (Å²) in [6.07, 6.45) is 3.12. The van der Waals surface area contributed by atoms with E-state index in [0.717, 1.165) is 5.56 Å². The van der Waals surface area contributed by atoms with Crippen LogP contribution in [0.25, 0.3) is 0 Å². The molecule has 1 heterocycles. The Morgan fingerprint density at radius 2 is 1.76 bits per heavy atom. The maximum Gasteiger partial charge on any atom is 0.216 e. The summed E-state index contributed by atoms with van der Waals surface area (Å²) in [4.78, 5) is 1.46. The van der Waals surface area contributed by atoms with E-state index in [1.54, 1.807) is 36.7 Å². The minimum absolute atomic E-state index is 0.149. The van der Waals surface area contributed by atoms with Crippen molar-refractivity contribution in [3.05, 3.63) is 83.1 Å². The van der Waals surface area contributed by atoms with Crippen molar-refractivity contribution in [1.82, 2.24) is 19.7 Å². The predicted octanol–water partition coefficient (Wildman–Crippen LogP) is 2.79. The molecule has 0 saturated carbocycles. The summed E-state index contributed by atoms with van der Waals surface area (Å²) >= 11 is 5.94. The van der Waals surface area contributed by atoms with E-state index in [1.165, 1.54) is 4.80 Å². The molecule has 25 heavy (non-hydrogen) atoms. The second kappa shape index (κ2) is 7.77. The zero-order valence-corrected chi connectivity index (χ0v) is 14.9. The quantitative estimate of drug-likeness (QED) is 0.687. The van der Waals surface area contributed by atoms with Crippen LogP contribution < -0.4 is 4.72 Å². The SMILES string of the molecule is O=S(=O)(Cc1cccc(Cl)c1)NC(Cn1nccn1)c1ccccc1. The molecule has 0 fully saturated rings. The van der Waals surface area contributed by atoms with E-state index in [9.17, 15) is 8.42 Å². The lowest BCUT2D eigenvalue weighted by atomic mass is 10.1. The van der Waals surface area contributed by atoms with Crippen LogP contribution in [0, 0.1) is 0 Å². The van der Waals surface area contributed by atoms with Crippen molar-refractivity contribution in [2.75, 3.05) is 0 Å². The van der Waals surface area contributed by atoms with Gasteiger partial charge in [-0.15, -0.1) is 0 Å². The molecule has 0 bridgehead atoms. The van der Waals surface area contributed by atoms with Crippen LogP contribution in [0.3, 0.4) is 0 Å². The molecule has 0 spiro atoms. The van der Waals surface area contributed by atoms with Crippen molar-refractivity contribution in [2.45, 2.75) is 18.3 Å². The van der Waals surface area contributed by atoms with Crippen LogP contribution in [0.4, 0.5) is 0 Å². The van der Waals surface area contributed by atoms with E-state index in [-0.39, 0.29) is 5.75 Å².